The van der Waals surface area contributed by atoms with Crippen LogP contribution in [0.4, 0.5) is 0 Å². The molecule has 0 bridgehead atoms. The van der Waals surface area contributed by atoms with Gasteiger partial charge in [-0.15, -0.1) is 0 Å². The molecule has 0 radical (unpaired) electrons. The van der Waals surface area contributed by atoms with E-state index in [1.165, 1.54) is 5.56 Å². The van der Waals surface area contributed by atoms with Gasteiger partial charge in [0.25, 0.3) is 0 Å². The van der Waals surface area contributed by atoms with Gasteiger partial charge >= 0.3 is 0 Å². The van der Waals surface area contributed by atoms with E-state index in [1.807, 2.05) is 6.07 Å². The third-order valence-corrected chi connectivity index (χ3v) is 3.98. The lowest BCUT2D eigenvalue weighted by Gasteiger charge is -2.26. The minimum Gasteiger partial charge on any atom is -0.357 e. The van der Waals surface area contributed by atoms with Crippen molar-refractivity contribution >= 4 is 15.9 Å². The molecule has 0 unspecified atom stereocenters. The molecule has 1 aromatic rings. The fourth-order valence-corrected chi connectivity index (χ4v) is 2.73. The first kappa shape index (κ1) is 12.1. The smallest absolute Gasteiger partial charge is 0.138 e. The quantitative estimate of drug-likeness (QED) is 0.825. The SMILES string of the molecule is CC(C)[C@@H]1CO[C@H](c2ccccc2Br)N1C. The normalized spacial score (nSPS) is 26.6. The summed E-state index contributed by atoms with van der Waals surface area (Å²) < 4.78 is 7.02. The second kappa shape index (κ2) is 4.86. The minimum atomic E-state index is 0.0861. The highest BCUT2D eigenvalue weighted by molar-refractivity contribution is 9.10. The van der Waals surface area contributed by atoms with E-state index in [9.17, 15) is 0 Å². The Balaban J connectivity index is 2.22. The van der Waals surface area contributed by atoms with E-state index >= 15 is 0 Å². The molecule has 0 aliphatic carbocycles. The molecule has 0 spiro atoms. The molecule has 2 atom stereocenters. The lowest BCUT2D eigenvalue weighted by atomic mass is 10.0. The zero-order valence-corrected chi connectivity index (χ0v) is 11.6. The van der Waals surface area contributed by atoms with Gasteiger partial charge in [0.1, 0.15) is 6.23 Å². The lowest BCUT2D eigenvalue weighted by Crippen LogP contribution is -2.33. The highest BCUT2D eigenvalue weighted by Crippen LogP contribution is 2.35. The molecular formula is C13H18BrNO. The van der Waals surface area contributed by atoms with E-state index in [-0.39, 0.29) is 6.23 Å². The van der Waals surface area contributed by atoms with Crippen molar-refractivity contribution in [2.24, 2.45) is 5.92 Å². The number of rotatable bonds is 2. The Kier molecular flexibility index (Phi) is 3.67. The van der Waals surface area contributed by atoms with E-state index in [1.54, 1.807) is 0 Å². The zero-order valence-electron chi connectivity index (χ0n) is 9.98. The summed E-state index contributed by atoms with van der Waals surface area (Å²) in [4.78, 5) is 2.32. The van der Waals surface area contributed by atoms with Gasteiger partial charge in [0, 0.05) is 16.1 Å². The van der Waals surface area contributed by atoms with Crippen molar-refractivity contribution in [2.45, 2.75) is 26.1 Å². The highest BCUT2D eigenvalue weighted by Gasteiger charge is 2.34. The van der Waals surface area contributed by atoms with E-state index in [4.69, 9.17) is 4.74 Å². The largest absolute Gasteiger partial charge is 0.357 e. The summed E-state index contributed by atoms with van der Waals surface area (Å²) in [5.74, 6) is 0.623. The first-order chi connectivity index (χ1) is 7.61. The second-order valence-electron chi connectivity index (χ2n) is 4.68. The molecule has 2 nitrogen and oxygen atoms in total. The third-order valence-electron chi connectivity index (χ3n) is 3.26. The maximum atomic E-state index is 5.90. The number of likely N-dealkylation sites (N-methyl/N-ethyl adjacent to an activating group) is 1. The molecule has 2 rings (SSSR count). The maximum absolute atomic E-state index is 5.90. The Morgan fingerprint density at radius 3 is 2.62 bits per heavy atom. The molecule has 0 aromatic heterocycles. The van der Waals surface area contributed by atoms with E-state index in [0.29, 0.717) is 12.0 Å². The fraction of sp³-hybridized carbons (Fsp3) is 0.538. The maximum Gasteiger partial charge on any atom is 0.138 e. The predicted octanol–water partition coefficient (Wildman–Crippen LogP) is 3.43. The minimum absolute atomic E-state index is 0.0861. The van der Waals surface area contributed by atoms with Crippen molar-refractivity contribution in [2.75, 3.05) is 13.7 Å². The molecule has 1 aromatic carbocycles. The fourth-order valence-electron chi connectivity index (χ4n) is 2.25. The Morgan fingerprint density at radius 1 is 1.38 bits per heavy atom. The van der Waals surface area contributed by atoms with Crippen molar-refractivity contribution in [1.29, 1.82) is 0 Å². The highest BCUT2D eigenvalue weighted by atomic mass is 79.9. The van der Waals surface area contributed by atoms with Gasteiger partial charge in [0.15, 0.2) is 0 Å². The van der Waals surface area contributed by atoms with Crippen LogP contribution in [0.3, 0.4) is 0 Å². The van der Waals surface area contributed by atoms with E-state index in [2.05, 4.69) is 59.9 Å². The van der Waals surface area contributed by atoms with Gasteiger partial charge in [-0.3, -0.25) is 4.90 Å². The van der Waals surface area contributed by atoms with Gasteiger partial charge < -0.3 is 4.74 Å². The summed E-state index contributed by atoms with van der Waals surface area (Å²) in [6.45, 7) is 5.31. The van der Waals surface area contributed by atoms with Crippen LogP contribution in [0.25, 0.3) is 0 Å². The van der Waals surface area contributed by atoms with Crippen LogP contribution in [0, 0.1) is 5.92 Å². The second-order valence-corrected chi connectivity index (χ2v) is 5.54. The monoisotopic (exact) mass is 283 g/mol. The Hall–Kier alpha value is -0.380. The summed E-state index contributed by atoms with van der Waals surface area (Å²) >= 11 is 3.58. The molecule has 3 heteroatoms. The standard InChI is InChI=1S/C13H18BrNO/c1-9(2)12-8-16-13(15(12)3)10-6-4-5-7-11(10)14/h4-7,9,12-13H,8H2,1-3H3/t12-,13+/m0/s1. The average molecular weight is 284 g/mol. The van der Waals surface area contributed by atoms with E-state index < -0.39 is 0 Å². The third kappa shape index (κ3) is 2.17. The molecule has 0 saturated carbocycles. The van der Waals surface area contributed by atoms with Gasteiger partial charge in [0.2, 0.25) is 0 Å². The molecule has 1 aliphatic rings. The summed E-state index contributed by atoms with van der Waals surface area (Å²) in [7, 11) is 2.14. The van der Waals surface area contributed by atoms with Crippen molar-refractivity contribution in [3.8, 4) is 0 Å². The molecule has 1 saturated heterocycles. The molecule has 0 amide bonds. The Labute approximate surface area is 106 Å². The van der Waals surface area contributed by atoms with Crippen LogP contribution in [0.15, 0.2) is 28.7 Å². The summed E-state index contributed by atoms with van der Waals surface area (Å²) in [6.07, 6.45) is 0.0861. The van der Waals surface area contributed by atoms with Gasteiger partial charge in [-0.2, -0.15) is 0 Å². The first-order valence-electron chi connectivity index (χ1n) is 5.69. The molecule has 1 aliphatic heterocycles. The van der Waals surface area contributed by atoms with Crippen LogP contribution < -0.4 is 0 Å². The van der Waals surface area contributed by atoms with Crippen molar-refractivity contribution in [3.05, 3.63) is 34.3 Å². The van der Waals surface area contributed by atoms with Gasteiger partial charge in [-0.25, -0.2) is 0 Å². The number of hydrogen-bond acceptors (Lipinski definition) is 2. The Bertz CT molecular complexity index is 367. The number of ether oxygens (including phenoxy) is 1. The molecule has 1 fully saturated rings. The first-order valence-corrected chi connectivity index (χ1v) is 6.48. The zero-order chi connectivity index (χ0) is 11.7. The van der Waals surface area contributed by atoms with Crippen molar-refractivity contribution < 1.29 is 4.74 Å². The predicted molar refractivity (Wildman–Crippen MR) is 69.2 cm³/mol. The molecular weight excluding hydrogens is 266 g/mol. The van der Waals surface area contributed by atoms with Crippen LogP contribution in [-0.2, 0) is 4.74 Å². The molecule has 1 heterocycles. The van der Waals surface area contributed by atoms with Crippen LogP contribution in [0.5, 0.6) is 0 Å². The number of hydrogen-bond donors (Lipinski definition) is 0. The van der Waals surface area contributed by atoms with Crippen molar-refractivity contribution in [1.82, 2.24) is 4.90 Å². The lowest BCUT2D eigenvalue weighted by molar-refractivity contribution is 0.0415. The number of halogens is 1. The van der Waals surface area contributed by atoms with E-state index in [0.717, 1.165) is 11.1 Å². The van der Waals surface area contributed by atoms with Gasteiger partial charge in [-0.05, 0) is 19.0 Å². The van der Waals surface area contributed by atoms with Gasteiger partial charge in [-0.1, -0.05) is 48.0 Å². The summed E-state index contributed by atoms with van der Waals surface area (Å²) in [5.41, 5.74) is 1.22. The van der Waals surface area contributed by atoms with Crippen LogP contribution in [-0.4, -0.2) is 24.6 Å². The van der Waals surface area contributed by atoms with Gasteiger partial charge in [0.05, 0.1) is 6.61 Å². The Morgan fingerprint density at radius 2 is 2.06 bits per heavy atom. The number of nitrogens with zero attached hydrogens (tertiary/aromatic N) is 1. The van der Waals surface area contributed by atoms with Crippen molar-refractivity contribution in [3.63, 3.8) is 0 Å². The van der Waals surface area contributed by atoms with Crippen LogP contribution in [0.2, 0.25) is 0 Å². The van der Waals surface area contributed by atoms with Crippen LogP contribution in [0.1, 0.15) is 25.6 Å². The summed E-state index contributed by atoms with van der Waals surface area (Å²) in [6, 6.07) is 8.78. The molecule has 0 N–H and O–H groups in total. The van der Waals surface area contributed by atoms with Crippen LogP contribution >= 0.6 is 15.9 Å². The molecule has 88 valence electrons. The molecule has 16 heavy (non-hydrogen) atoms. The topological polar surface area (TPSA) is 12.5 Å². The summed E-state index contributed by atoms with van der Waals surface area (Å²) in [5, 5.41) is 0. The average Bonchev–Trinajstić information content (AvgIpc) is 2.61. The number of benzene rings is 1.